The molecule has 0 unspecified atom stereocenters. The Kier molecular flexibility index (Phi) is 2.02. The van der Waals surface area contributed by atoms with Gasteiger partial charge < -0.3 is 0 Å². The van der Waals surface area contributed by atoms with Crippen LogP contribution in [0.2, 0.25) is 0 Å². The summed E-state index contributed by atoms with van der Waals surface area (Å²) in [6.07, 6.45) is 9.83. The van der Waals surface area contributed by atoms with Gasteiger partial charge in [-0.25, -0.2) is 0 Å². The van der Waals surface area contributed by atoms with Crippen LogP contribution in [0.25, 0.3) is 0 Å². The maximum absolute atomic E-state index is 4.76. The van der Waals surface area contributed by atoms with E-state index in [2.05, 4.69) is 42.5 Å². The SMILES string of the molecule is C1=CCC2=Nc3ccccc3CC=C2C1. The number of hydrogen-bond donors (Lipinski definition) is 0. The minimum atomic E-state index is 0.986. The molecule has 0 radical (unpaired) electrons. The van der Waals surface area contributed by atoms with Gasteiger partial charge in [0.2, 0.25) is 0 Å². The van der Waals surface area contributed by atoms with Gasteiger partial charge in [-0.05, 0) is 30.0 Å². The molecule has 0 fully saturated rings. The molecule has 1 aromatic carbocycles. The van der Waals surface area contributed by atoms with E-state index in [-0.39, 0.29) is 0 Å². The summed E-state index contributed by atoms with van der Waals surface area (Å²) in [6.45, 7) is 0. The summed E-state index contributed by atoms with van der Waals surface area (Å²) in [6, 6.07) is 8.43. The molecule has 1 nitrogen and oxygen atoms in total. The second-order valence-electron chi connectivity index (χ2n) is 4.00. The lowest BCUT2D eigenvalue weighted by atomic mass is 9.98. The Morgan fingerprint density at radius 3 is 2.80 bits per heavy atom. The van der Waals surface area contributed by atoms with Gasteiger partial charge in [-0.2, -0.15) is 0 Å². The number of aliphatic imine (C=N–C) groups is 1. The first kappa shape index (κ1) is 8.66. The van der Waals surface area contributed by atoms with Crippen LogP contribution in [0.3, 0.4) is 0 Å². The number of nitrogens with zero attached hydrogens (tertiary/aromatic N) is 1. The molecule has 0 amide bonds. The van der Waals surface area contributed by atoms with Crippen molar-refractivity contribution in [3.63, 3.8) is 0 Å². The summed E-state index contributed by atoms with van der Waals surface area (Å²) in [5.41, 5.74) is 5.15. The largest absolute Gasteiger partial charge is 0.253 e. The number of para-hydroxylation sites is 1. The van der Waals surface area contributed by atoms with Gasteiger partial charge in [0, 0.05) is 12.1 Å². The van der Waals surface area contributed by atoms with Crippen LogP contribution in [0.5, 0.6) is 0 Å². The molecule has 1 aromatic rings. The third kappa shape index (κ3) is 1.54. The van der Waals surface area contributed by atoms with Crippen molar-refractivity contribution in [3.8, 4) is 0 Å². The number of rotatable bonds is 0. The first-order valence-electron chi connectivity index (χ1n) is 5.43. The summed E-state index contributed by atoms with van der Waals surface area (Å²) in [4.78, 5) is 4.76. The predicted octanol–water partition coefficient (Wildman–Crippen LogP) is 3.59. The second-order valence-corrected chi connectivity index (χ2v) is 4.00. The van der Waals surface area contributed by atoms with E-state index in [1.165, 1.54) is 16.8 Å². The van der Waals surface area contributed by atoms with Crippen LogP contribution in [0, 0.1) is 0 Å². The van der Waals surface area contributed by atoms with Crippen molar-refractivity contribution < 1.29 is 0 Å². The Balaban J connectivity index is 2.12. The summed E-state index contributed by atoms with van der Waals surface area (Å²) in [5, 5.41) is 0. The monoisotopic (exact) mass is 195 g/mol. The molecule has 1 aliphatic heterocycles. The summed E-state index contributed by atoms with van der Waals surface area (Å²) in [7, 11) is 0. The zero-order valence-corrected chi connectivity index (χ0v) is 8.61. The number of hydrogen-bond acceptors (Lipinski definition) is 1. The molecule has 74 valence electrons. The fourth-order valence-corrected chi connectivity index (χ4v) is 2.14. The van der Waals surface area contributed by atoms with Crippen LogP contribution in [0.15, 0.2) is 53.1 Å². The first-order valence-corrected chi connectivity index (χ1v) is 5.43. The second kappa shape index (κ2) is 3.50. The Morgan fingerprint density at radius 1 is 0.933 bits per heavy atom. The maximum Gasteiger partial charge on any atom is 0.0668 e. The molecular formula is C14H13N. The van der Waals surface area contributed by atoms with Gasteiger partial charge >= 0.3 is 0 Å². The van der Waals surface area contributed by atoms with Gasteiger partial charge in [-0.15, -0.1) is 0 Å². The molecule has 1 heteroatoms. The summed E-state index contributed by atoms with van der Waals surface area (Å²) >= 11 is 0. The fraction of sp³-hybridized carbons (Fsp3) is 0.214. The van der Waals surface area contributed by atoms with Gasteiger partial charge in [-0.1, -0.05) is 36.4 Å². The lowest BCUT2D eigenvalue weighted by Crippen LogP contribution is -2.04. The molecule has 0 aromatic heterocycles. The molecule has 0 N–H and O–H groups in total. The molecule has 2 aliphatic rings. The highest BCUT2D eigenvalue weighted by Crippen LogP contribution is 2.27. The van der Waals surface area contributed by atoms with Crippen LogP contribution in [0.1, 0.15) is 18.4 Å². The molecule has 1 heterocycles. The van der Waals surface area contributed by atoms with Crippen LogP contribution >= 0.6 is 0 Å². The maximum atomic E-state index is 4.76. The van der Waals surface area contributed by atoms with Crippen molar-refractivity contribution >= 4 is 11.4 Å². The molecule has 15 heavy (non-hydrogen) atoms. The summed E-state index contributed by atoms with van der Waals surface area (Å²) in [5.74, 6) is 0. The highest BCUT2D eigenvalue weighted by molar-refractivity contribution is 6.04. The molecule has 3 rings (SSSR count). The minimum Gasteiger partial charge on any atom is -0.253 e. The standard InChI is InChI=1S/C14H13N/c1-3-7-13-11(5-1)9-10-12-6-2-4-8-14(12)15-13/h1-5,7,10H,6,8-9H2. The van der Waals surface area contributed by atoms with E-state index in [4.69, 9.17) is 4.99 Å². The van der Waals surface area contributed by atoms with Crippen molar-refractivity contribution in [2.24, 2.45) is 4.99 Å². The molecule has 1 aliphatic carbocycles. The average molecular weight is 195 g/mol. The number of fused-ring (bicyclic) bond motifs is 2. The molecular weight excluding hydrogens is 182 g/mol. The fourth-order valence-electron chi connectivity index (χ4n) is 2.14. The zero-order chi connectivity index (χ0) is 10.1. The lowest BCUT2D eigenvalue weighted by Gasteiger charge is -2.10. The molecule has 0 atom stereocenters. The number of allylic oxidation sites excluding steroid dienone is 4. The Labute approximate surface area is 89.9 Å². The van der Waals surface area contributed by atoms with E-state index in [1.807, 2.05) is 0 Å². The third-order valence-corrected chi connectivity index (χ3v) is 3.00. The van der Waals surface area contributed by atoms with Gasteiger partial charge in [0.05, 0.1) is 5.69 Å². The van der Waals surface area contributed by atoms with E-state index in [9.17, 15) is 0 Å². The molecule has 0 saturated carbocycles. The smallest absolute Gasteiger partial charge is 0.0668 e. The Hall–Kier alpha value is -1.63. The molecule has 0 bridgehead atoms. The van der Waals surface area contributed by atoms with Crippen molar-refractivity contribution in [1.82, 2.24) is 0 Å². The molecule has 0 saturated heterocycles. The minimum absolute atomic E-state index is 0.986. The zero-order valence-electron chi connectivity index (χ0n) is 8.61. The van der Waals surface area contributed by atoms with Crippen molar-refractivity contribution in [1.29, 1.82) is 0 Å². The van der Waals surface area contributed by atoms with Crippen molar-refractivity contribution in [2.75, 3.05) is 0 Å². The van der Waals surface area contributed by atoms with Gasteiger partial charge in [-0.3, -0.25) is 4.99 Å². The average Bonchev–Trinajstić information content (AvgIpc) is 2.48. The van der Waals surface area contributed by atoms with E-state index in [0.717, 1.165) is 24.9 Å². The van der Waals surface area contributed by atoms with Gasteiger partial charge in [0.1, 0.15) is 0 Å². The first-order chi connectivity index (χ1) is 7.43. The van der Waals surface area contributed by atoms with Crippen molar-refractivity contribution in [2.45, 2.75) is 19.3 Å². The summed E-state index contributed by atoms with van der Waals surface area (Å²) < 4.78 is 0. The van der Waals surface area contributed by atoms with E-state index >= 15 is 0 Å². The van der Waals surface area contributed by atoms with Crippen LogP contribution in [0.4, 0.5) is 5.69 Å². The molecule has 0 spiro atoms. The Bertz CT molecular complexity index is 478. The van der Waals surface area contributed by atoms with Gasteiger partial charge in [0.15, 0.2) is 0 Å². The van der Waals surface area contributed by atoms with E-state index < -0.39 is 0 Å². The number of benzene rings is 1. The Morgan fingerprint density at radius 2 is 1.80 bits per heavy atom. The van der Waals surface area contributed by atoms with Crippen molar-refractivity contribution in [3.05, 3.63) is 53.6 Å². The topological polar surface area (TPSA) is 12.4 Å². The lowest BCUT2D eigenvalue weighted by molar-refractivity contribution is 1.18. The van der Waals surface area contributed by atoms with E-state index in [0.29, 0.717) is 0 Å². The highest BCUT2D eigenvalue weighted by atomic mass is 14.8. The quantitative estimate of drug-likeness (QED) is 0.561. The van der Waals surface area contributed by atoms with Crippen LogP contribution in [-0.2, 0) is 6.42 Å². The van der Waals surface area contributed by atoms with Crippen LogP contribution < -0.4 is 0 Å². The van der Waals surface area contributed by atoms with Crippen LogP contribution in [-0.4, -0.2) is 5.71 Å². The van der Waals surface area contributed by atoms with E-state index in [1.54, 1.807) is 0 Å². The predicted molar refractivity (Wildman–Crippen MR) is 63.7 cm³/mol. The van der Waals surface area contributed by atoms with Gasteiger partial charge in [0.25, 0.3) is 0 Å². The highest BCUT2D eigenvalue weighted by Gasteiger charge is 2.13. The normalized spacial score (nSPS) is 18.4. The third-order valence-electron chi connectivity index (χ3n) is 3.00.